The first kappa shape index (κ1) is 15.4. The summed E-state index contributed by atoms with van der Waals surface area (Å²) in [6.07, 6.45) is 2.15. The molecule has 0 aromatic carbocycles. The van der Waals surface area contributed by atoms with Gasteiger partial charge in [-0.3, -0.25) is 0 Å². The minimum atomic E-state index is -5.51. The van der Waals surface area contributed by atoms with Crippen LogP contribution in [-0.2, 0) is 0 Å². The van der Waals surface area contributed by atoms with Crippen molar-refractivity contribution in [3.8, 4) is 0 Å². The van der Waals surface area contributed by atoms with Gasteiger partial charge in [0.1, 0.15) is 0 Å². The van der Waals surface area contributed by atoms with Crippen LogP contribution >= 0.6 is 23.2 Å². The van der Waals surface area contributed by atoms with Gasteiger partial charge in [-0.25, -0.2) is 0 Å². The second-order valence-electron chi connectivity index (χ2n) is 3.61. The monoisotopic (exact) mass is 315 g/mol. The van der Waals surface area contributed by atoms with E-state index < -0.39 is 29.3 Å². The van der Waals surface area contributed by atoms with Crippen molar-refractivity contribution in [2.24, 2.45) is 13.5 Å². The molecule has 0 radical (unpaired) electrons. The Kier molecular flexibility index (Phi) is 5.02. The topological polar surface area (TPSA) is 37.1 Å². The van der Waals surface area contributed by atoms with Gasteiger partial charge in [0.05, 0.1) is 0 Å². The van der Waals surface area contributed by atoms with Gasteiger partial charge in [0.2, 0.25) is 0 Å². The SMILES string of the molecule is CCCCCCP1(F)=NP(F)(F)=NP(F)(F)=N1. The zero-order valence-electron chi connectivity index (χ0n) is 9.11. The van der Waals surface area contributed by atoms with Crippen LogP contribution in [0.5, 0.6) is 0 Å². The first-order valence-electron chi connectivity index (χ1n) is 5.07. The van der Waals surface area contributed by atoms with Crippen molar-refractivity contribution in [2.75, 3.05) is 6.16 Å². The average molecular weight is 315 g/mol. The Balaban J connectivity index is 2.86. The van der Waals surface area contributed by atoms with Crippen molar-refractivity contribution in [3.05, 3.63) is 0 Å². The van der Waals surface area contributed by atoms with Crippen LogP contribution in [0.1, 0.15) is 32.6 Å². The van der Waals surface area contributed by atoms with Crippen molar-refractivity contribution in [1.29, 1.82) is 0 Å². The van der Waals surface area contributed by atoms with Crippen LogP contribution in [0, 0.1) is 0 Å². The number of hydrogen-bond donors (Lipinski definition) is 0. The maximum Gasteiger partial charge on any atom is 0.423 e. The van der Waals surface area contributed by atoms with Crippen LogP contribution in [-0.4, -0.2) is 6.16 Å². The zero-order valence-corrected chi connectivity index (χ0v) is 11.8. The molecule has 1 heterocycles. The van der Waals surface area contributed by atoms with Crippen LogP contribution in [0.2, 0.25) is 0 Å². The molecule has 0 saturated carbocycles. The zero-order chi connectivity index (χ0) is 13.2. The lowest BCUT2D eigenvalue weighted by Crippen LogP contribution is -1.85. The standard InChI is InChI=1S/C6H13F5N3P3/c1-2-3-4-5-6-15(7)12-16(8,9)14-17(10,11)13-15/h2-6H2,1H3. The van der Waals surface area contributed by atoms with E-state index in [1.54, 1.807) is 0 Å². The molecule has 1 aliphatic heterocycles. The Bertz CT molecular complexity index is 429. The fourth-order valence-corrected chi connectivity index (χ4v) is 7.75. The summed E-state index contributed by atoms with van der Waals surface area (Å²) in [7, 11) is -15.4. The lowest BCUT2D eigenvalue weighted by Gasteiger charge is -2.16. The van der Waals surface area contributed by atoms with Crippen LogP contribution in [0.3, 0.4) is 0 Å². The summed E-state index contributed by atoms with van der Waals surface area (Å²) in [5, 5.41) is 0. The highest BCUT2D eigenvalue weighted by Crippen LogP contribution is 2.81. The van der Waals surface area contributed by atoms with Crippen molar-refractivity contribution >= 4 is 23.2 Å². The van der Waals surface area contributed by atoms with Crippen molar-refractivity contribution in [3.63, 3.8) is 0 Å². The van der Waals surface area contributed by atoms with Crippen LogP contribution in [0.4, 0.5) is 21.0 Å². The highest BCUT2D eigenvalue weighted by molar-refractivity contribution is 7.79. The Morgan fingerprint density at radius 3 is 1.88 bits per heavy atom. The van der Waals surface area contributed by atoms with E-state index in [9.17, 15) is 21.0 Å². The number of halogens is 5. The molecule has 0 amide bonds. The quantitative estimate of drug-likeness (QED) is 0.289. The van der Waals surface area contributed by atoms with Gasteiger partial charge in [0.15, 0.2) is 0 Å². The third kappa shape index (κ3) is 5.23. The Hall–Kier alpha value is 0.340. The maximum atomic E-state index is 13.8. The normalized spacial score (nSPS) is 30.0. The van der Waals surface area contributed by atoms with E-state index in [0.717, 1.165) is 12.8 Å². The molecule has 0 bridgehead atoms. The predicted molar refractivity (Wildman–Crippen MR) is 62.6 cm³/mol. The highest BCUT2D eigenvalue weighted by Gasteiger charge is 2.38. The molecule has 0 fully saturated rings. The van der Waals surface area contributed by atoms with Gasteiger partial charge in [0, 0.05) is 6.16 Å². The lowest BCUT2D eigenvalue weighted by atomic mass is 10.2. The summed E-state index contributed by atoms with van der Waals surface area (Å²) in [4.78, 5) is 0. The van der Waals surface area contributed by atoms with E-state index in [2.05, 4.69) is 9.03 Å². The van der Waals surface area contributed by atoms with Crippen LogP contribution in [0.25, 0.3) is 0 Å². The molecule has 1 rings (SSSR count). The number of hydrogen-bond acceptors (Lipinski definition) is 3. The van der Waals surface area contributed by atoms with E-state index in [0.29, 0.717) is 6.42 Å². The van der Waals surface area contributed by atoms with Gasteiger partial charge < -0.3 is 0 Å². The molecular formula is C6H13F5N3P3. The molecule has 1 atom stereocenters. The molecule has 0 aliphatic carbocycles. The Morgan fingerprint density at radius 2 is 1.35 bits per heavy atom. The molecule has 0 saturated heterocycles. The fraction of sp³-hybridized carbons (Fsp3) is 1.00. The van der Waals surface area contributed by atoms with Crippen molar-refractivity contribution < 1.29 is 21.0 Å². The Labute approximate surface area is 97.1 Å². The molecular weight excluding hydrogens is 302 g/mol. The predicted octanol–water partition coefficient (Wildman–Crippen LogP) is 7.35. The fourth-order valence-electron chi connectivity index (χ4n) is 1.34. The maximum absolute atomic E-state index is 13.8. The number of unbranched alkanes of at least 4 members (excludes halogenated alkanes) is 3. The molecule has 1 unspecified atom stereocenters. The van der Waals surface area contributed by atoms with Gasteiger partial charge in [-0.15, -0.1) is 21.3 Å². The second kappa shape index (κ2) is 5.54. The molecule has 0 aromatic rings. The molecule has 11 heteroatoms. The molecule has 102 valence electrons. The largest absolute Gasteiger partial charge is 0.423 e. The van der Waals surface area contributed by atoms with Gasteiger partial charge in [0.25, 0.3) is 7.52 Å². The summed E-state index contributed by atoms with van der Waals surface area (Å²) in [5.74, 6) is 0. The van der Waals surface area contributed by atoms with E-state index in [1.165, 1.54) is 0 Å². The van der Waals surface area contributed by atoms with Gasteiger partial charge in [-0.1, -0.05) is 26.2 Å². The first-order valence-corrected chi connectivity index (χ1v) is 9.79. The molecule has 3 nitrogen and oxygen atoms in total. The third-order valence-electron chi connectivity index (χ3n) is 2.00. The summed E-state index contributed by atoms with van der Waals surface area (Å²) in [6.45, 7) is 1.92. The number of rotatable bonds is 5. The Morgan fingerprint density at radius 1 is 0.765 bits per heavy atom. The highest BCUT2D eigenvalue weighted by atomic mass is 31.3. The van der Waals surface area contributed by atoms with Crippen molar-refractivity contribution in [2.45, 2.75) is 32.6 Å². The van der Waals surface area contributed by atoms with Gasteiger partial charge in [-0.2, -0.15) is 13.2 Å². The molecule has 0 aromatic heterocycles. The average Bonchev–Trinajstić information content (AvgIpc) is 2.06. The third-order valence-corrected chi connectivity index (χ3v) is 8.52. The van der Waals surface area contributed by atoms with E-state index >= 15 is 0 Å². The van der Waals surface area contributed by atoms with E-state index in [-0.39, 0.29) is 6.42 Å². The number of nitrogens with zero attached hydrogens (tertiary/aromatic N) is 3. The summed E-state index contributed by atoms with van der Waals surface area (Å²) < 4.78 is 72.2. The first-order chi connectivity index (χ1) is 7.68. The minimum absolute atomic E-state index is 0.255. The van der Waals surface area contributed by atoms with Gasteiger partial charge >= 0.3 is 15.7 Å². The van der Waals surface area contributed by atoms with Crippen LogP contribution < -0.4 is 0 Å². The summed E-state index contributed by atoms with van der Waals surface area (Å²) >= 11 is 0. The van der Waals surface area contributed by atoms with E-state index in [4.69, 9.17) is 0 Å². The molecule has 0 N–H and O–H groups in total. The molecule has 0 spiro atoms. The van der Waals surface area contributed by atoms with Crippen LogP contribution in [0.15, 0.2) is 13.5 Å². The summed E-state index contributed by atoms with van der Waals surface area (Å²) in [6, 6.07) is 0. The second-order valence-corrected chi connectivity index (χ2v) is 9.31. The van der Waals surface area contributed by atoms with Gasteiger partial charge in [-0.05, 0) is 6.42 Å². The lowest BCUT2D eigenvalue weighted by molar-refractivity contribution is 0.685. The van der Waals surface area contributed by atoms with Crippen molar-refractivity contribution in [1.82, 2.24) is 0 Å². The molecule has 1 aliphatic rings. The minimum Gasteiger partial charge on any atom is -0.183 e. The molecule has 17 heavy (non-hydrogen) atoms. The summed E-state index contributed by atoms with van der Waals surface area (Å²) in [5.41, 5.74) is 0. The smallest absolute Gasteiger partial charge is 0.183 e. The van der Waals surface area contributed by atoms with E-state index in [1.807, 2.05) is 11.4 Å².